The van der Waals surface area contributed by atoms with E-state index in [4.69, 9.17) is 0 Å². The molecule has 22 heavy (non-hydrogen) atoms. The average Bonchev–Trinajstić information content (AvgIpc) is 2.46. The summed E-state index contributed by atoms with van der Waals surface area (Å²) in [7, 11) is 4.33. The maximum atomic E-state index is 2.63. The van der Waals surface area contributed by atoms with Crippen LogP contribution in [0.5, 0.6) is 0 Å². The van der Waals surface area contributed by atoms with Crippen LogP contribution < -0.4 is 0 Å². The van der Waals surface area contributed by atoms with Crippen molar-refractivity contribution < 1.29 is 0 Å². The second-order valence-electron chi connectivity index (χ2n) is 6.87. The average molecular weight is 309 g/mol. The summed E-state index contributed by atoms with van der Waals surface area (Å²) >= 11 is 0. The Bertz CT molecular complexity index is 288. The molecule has 0 radical (unpaired) electrons. The molecule has 0 aromatic rings. The molecule has 0 heterocycles. The van der Waals surface area contributed by atoms with Crippen molar-refractivity contribution in [2.24, 2.45) is 0 Å². The van der Waals surface area contributed by atoms with Crippen LogP contribution in [-0.2, 0) is 0 Å². The molecule has 0 rings (SSSR count). The van der Waals surface area contributed by atoms with Crippen molar-refractivity contribution in [3.8, 4) is 0 Å². The first-order valence-corrected chi connectivity index (χ1v) is 9.23. The third-order valence-electron chi connectivity index (χ3n) is 3.81. The molecule has 0 aliphatic rings. The van der Waals surface area contributed by atoms with Crippen LogP contribution in [0.15, 0.2) is 23.8 Å². The minimum Gasteiger partial charge on any atom is -0.308 e. The van der Waals surface area contributed by atoms with Crippen LogP contribution in [0, 0.1) is 0 Å². The van der Waals surface area contributed by atoms with Crippen molar-refractivity contribution in [1.82, 2.24) is 9.80 Å². The Morgan fingerprint density at radius 3 is 2.14 bits per heavy atom. The molecule has 0 aromatic carbocycles. The Morgan fingerprint density at radius 2 is 1.50 bits per heavy atom. The fraction of sp³-hybridized carbons (Fsp3) is 0.800. The van der Waals surface area contributed by atoms with Gasteiger partial charge in [-0.05, 0) is 66.7 Å². The van der Waals surface area contributed by atoms with Gasteiger partial charge in [0.2, 0.25) is 0 Å². The highest BCUT2D eigenvalue weighted by Gasteiger charge is 2.03. The number of hydrogen-bond donors (Lipinski definition) is 0. The summed E-state index contributed by atoms with van der Waals surface area (Å²) in [5.41, 5.74) is 1.38. The zero-order valence-corrected chi connectivity index (χ0v) is 15.9. The molecule has 0 spiro atoms. The molecule has 0 atom stereocenters. The first-order chi connectivity index (χ1) is 10.6. The van der Waals surface area contributed by atoms with Crippen LogP contribution in [0.4, 0.5) is 0 Å². The molecule has 2 heteroatoms. The quantitative estimate of drug-likeness (QED) is 0.324. The largest absolute Gasteiger partial charge is 0.308 e. The van der Waals surface area contributed by atoms with Gasteiger partial charge in [0.15, 0.2) is 0 Å². The monoisotopic (exact) mass is 308 g/mol. The number of nitrogens with zero attached hydrogens (tertiary/aromatic N) is 2. The molecule has 0 bridgehead atoms. The smallest absolute Gasteiger partial charge is 0.0109 e. The van der Waals surface area contributed by atoms with Crippen LogP contribution in [0.1, 0.15) is 65.7 Å². The highest BCUT2D eigenvalue weighted by Crippen LogP contribution is 2.07. The Labute approximate surface area is 140 Å². The molecule has 0 fully saturated rings. The Balaban J connectivity index is 3.52. The van der Waals surface area contributed by atoms with Gasteiger partial charge in [-0.15, -0.1) is 0 Å². The predicted octanol–water partition coefficient (Wildman–Crippen LogP) is 5.12. The minimum absolute atomic E-state index is 1.18. The second kappa shape index (κ2) is 15.3. The van der Waals surface area contributed by atoms with E-state index in [2.05, 4.69) is 62.9 Å². The summed E-state index contributed by atoms with van der Waals surface area (Å²) in [6, 6.07) is 0. The molecule has 2 nitrogen and oxygen atoms in total. The molecule has 0 unspecified atom stereocenters. The molecular formula is C20H40N2. The highest BCUT2D eigenvalue weighted by molar-refractivity contribution is 5.07. The highest BCUT2D eigenvalue weighted by atomic mass is 15.2. The minimum atomic E-state index is 1.18. The van der Waals surface area contributed by atoms with E-state index in [0.717, 1.165) is 0 Å². The van der Waals surface area contributed by atoms with E-state index in [1.807, 2.05) is 0 Å². The van der Waals surface area contributed by atoms with Crippen LogP contribution >= 0.6 is 0 Å². The van der Waals surface area contributed by atoms with Gasteiger partial charge in [0.25, 0.3) is 0 Å². The summed E-state index contributed by atoms with van der Waals surface area (Å²) in [4.78, 5) is 4.91. The lowest BCUT2D eigenvalue weighted by molar-refractivity contribution is 0.236. The number of unbranched alkanes of at least 4 members (excludes halogenated alkanes) is 5. The summed E-state index contributed by atoms with van der Waals surface area (Å²) in [5.74, 6) is 0. The molecule has 0 aliphatic carbocycles. The van der Waals surface area contributed by atoms with E-state index in [9.17, 15) is 0 Å². The molecular weight excluding hydrogens is 268 g/mol. The number of rotatable bonds is 14. The molecule has 0 N–H and O–H groups in total. The van der Waals surface area contributed by atoms with E-state index in [-0.39, 0.29) is 0 Å². The van der Waals surface area contributed by atoms with Gasteiger partial charge < -0.3 is 9.80 Å². The standard InChI is InChI=1S/C20H40N2/c1-6-16-22(19-18-21(4)5)17-14-12-10-8-7-9-11-13-15-20(2)3/h11,13,15H,6-10,12,14,16-19H2,1-5H3/b13-11-. The fourth-order valence-electron chi connectivity index (χ4n) is 2.48. The van der Waals surface area contributed by atoms with Gasteiger partial charge in [-0.25, -0.2) is 0 Å². The van der Waals surface area contributed by atoms with Crippen LogP contribution in [0.25, 0.3) is 0 Å². The van der Waals surface area contributed by atoms with Gasteiger partial charge in [-0.1, -0.05) is 50.0 Å². The van der Waals surface area contributed by atoms with E-state index in [0.29, 0.717) is 0 Å². The second-order valence-corrected chi connectivity index (χ2v) is 6.87. The van der Waals surface area contributed by atoms with Gasteiger partial charge in [0.1, 0.15) is 0 Å². The number of allylic oxidation sites excluding steroid dienone is 4. The third kappa shape index (κ3) is 15.8. The van der Waals surface area contributed by atoms with Crippen LogP contribution in [-0.4, -0.2) is 50.1 Å². The van der Waals surface area contributed by atoms with E-state index in [1.165, 1.54) is 76.7 Å². The Hall–Kier alpha value is -0.600. The van der Waals surface area contributed by atoms with Gasteiger partial charge in [0, 0.05) is 13.1 Å². The zero-order valence-electron chi connectivity index (χ0n) is 15.9. The molecule has 0 aromatic heterocycles. The SMILES string of the molecule is CCCN(CCCCCCC/C=C\C=C(C)C)CCN(C)C. The number of hydrogen-bond acceptors (Lipinski definition) is 2. The van der Waals surface area contributed by atoms with Crippen molar-refractivity contribution in [3.63, 3.8) is 0 Å². The van der Waals surface area contributed by atoms with Crippen molar-refractivity contribution >= 4 is 0 Å². The topological polar surface area (TPSA) is 6.48 Å². The van der Waals surface area contributed by atoms with Crippen molar-refractivity contribution in [3.05, 3.63) is 23.8 Å². The first-order valence-electron chi connectivity index (χ1n) is 9.23. The fourth-order valence-corrected chi connectivity index (χ4v) is 2.48. The number of likely N-dealkylation sites (N-methyl/N-ethyl adjacent to an activating group) is 1. The first kappa shape index (κ1) is 21.4. The molecule has 0 aliphatic heterocycles. The normalized spacial score (nSPS) is 11.8. The Kier molecular flexibility index (Phi) is 14.9. The summed E-state index contributed by atoms with van der Waals surface area (Å²) < 4.78 is 0. The lowest BCUT2D eigenvalue weighted by Gasteiger charge is -2.23. The maximum Gasteiger partial charge on any atom is 0.0109 e. The molecule has 130 valence electrons. The van der Waals surface area contributed by atoms with Gasteiger partial charge in [-0.2, -0.15) is 0 Å². The predicted molar refractivity (Wildman–Crippen MR) is 102 cm³/mol. The van der Waals surface area contributed by atoms with Crippen molar-refractivity contribution in [2.45, 2.75) is 65.7 Å². The van der Waals surface area contributed by atoms with E-state index in [1.54, 1.807) is 0 Å². The van der Waals surface area contributed by atoms with Crippen LogP contribution in [0.2, 0.25) is 0 Å². The lowest BCUT2D eigenvalue weighted by atomic mass is 10.1. The van der Waals surface area contributed by atoms with Crippen LogP contribution in [0.3, 0.4) is 0 Å². The summed E-state index contributed by atoms with van der Waals surface area (Å²) in [5, 5.41) is 0. The van der Waals surface area contributed by atoms with Crippen molar-refractivity contribution in [1.29, 1.82) is 0 Å². The molecule has 0 saturated carbocycles. The van der Waals surface area contributed by atoms with Gasteiger partial charge >= 0.3 is 0 Å². The van der Waals surface area contributed by atoms with Gasteiger partial charge in [-0.3, -0.25) is 0 Å². The van der Waals surface area contributed by atoms with Crippen molar-refractivity contribution in [2.75, 3.05) is 40.3 Å². The maximum absolute atomic E-state index is 2.63. The summed E-state index contributed by atoms with van der Waals surface area (Å²) in [6.07, 6.45) is 16.1. The molecule has 0 amide bonds. The lowest BCUT2D eigenvalue weighted by Crippen LogP contribution is -2.33. The van der Waals surface area contributed by atoms with E-state index < -0.39 is 0 Å². The van der Waals surface area contributed by atoms with Gasteiger partial charge in [0.05, 0.1) is 0 Å². The van der Waals surface area contributed by atoms with E-state index >= 15 is 0 Å². The third-order valence-corrected chi connectivity index (χ3v) is 3.81. The zero-order chi connectivity index (χ0) is 16.6. The summed E-state index contributed by atoms with van der Waals surface area (Å²) in [6.45, 7) is 11.5. The Morgan fingerprint density at radius 1 is 0.818 bits per heavy atom. The molecule has 0 saturated heterocycles.